The predicted octanol–water partition coefficient (Wildman–Crippen LogP) is 7.41. The van der Waals surface area contributed by atoms with Gasteiger partial charge in [0.15, 0.2) is 11.9 Å². The Balaban J connectivity index is 1.99. The number of pyridine rings is 1. The molecule has 0 atom stereocenters. The van der Waals surface area contributed by atoms with E-state index in [0.717, 1.165) is 0 Å². The molecule has 144 valence electrons. The topological polar surface area (TPSA) is 3.88 Å². The smallest absolute Gasteiger partial charge is 0.181 e. The van der Waals surface area contributed by atoms with Gasteiger partial charge < -0.3 is 0 Å². The summed E-state index contributed by atoms with van der Waals surface area (Å²) in [4.78, 5) is 0. The van der Waals surface area contributed by atoms with Gasteiger partial charge in [0.1, 0.15) is 6.54 Å². The molecule has 0 saturated heterocycles. The largest absolute Gasteiger partial charge is 0.202 e. The second-order valence-corrected chi connectivity index (χ2v) is 7.73. The third kappa shape index (κ3) is 12.2. The monoisotopic (exact) mass is 346 g/mol. The Morgan fingerprint density at radius 2 is 1.12 bits per heavy atom. The lowest BCUT2D eigenvalue weighted by Gasteiger charge is -2.05. The Labute approximate surface area is 158 Å². The summed E-state index contributed by atoms with van der Waals surface area (Å²) in [6, 6.07) is 6.69. The van der Waals surface area contributed by atoms with Crippen LogP contribution in [0.1, 0.15) is 116 Å². The Hall–Kier alpha value is -0.850. The summed E-state index contributed by atoms with van der Waals surface area (Å²) < 4.78 is 2.49. The third-order valence-electron chi connectivity index (χ3n) is 5.32. The first kappa shape index (κ1) is 22.2. The van der Waals surface area contributed by atoms with Crippen molar-refractivity contribution in [2.45, 2.75) is 123 Å². The van der Waals surface area contributed by atoms with Crippen molar-refractivity contribution in [3.63, 3.8) is 0 Å². The summed E-state index contributed by atoms with van der Waals surface area (Å²) in [5, 5.41) is 0. The fourth-order valence-corrected chi connectivity index (χ4v) is 3.64. The number of hydrogen-bond donors (Lipinski definition) is 0. The maximum atomic E-state index is 2.49. The zero-order chi connectivity index (χ0) is 18.0. The molecule has 0 aliphatic heterocycles. The molecule has 1 heteroatoms. The summed E-state index contributed by atoms with van der Waals surface area (Å²) >= 11 is 0. The van der Waals surface area contributed by atoms with E-state index >= 15 is 0 Å². The van der Waals surface area contributed by atoms with E-state index < -0.39 is 0 Å². The third-order valence-corrected chi connectivity index (χ3v) is 5.32. The molecular weight excluding hydrogens is 302 g/mol. The first-order chi connectivity index (χ1) is 12.4. The Kier molecular flexibility index (Phi) is 14.7. The SMILES string of the molecule is CCCCCCCCCCCCCC[n+]1ccccc1CCCCC. The van der Waals surface area contributed by atoms with Crippen LogP contribution in [0.5, 0.6) is 0 Å². The molecule has 0 aromatic carbocycles. The molecule has 0 amide bonds. The summed E-state index contributed by atoms with van der Waals surface area (Å²) in [5.74, 6) is 0. The van der Waals surface area contributed by atoms with Crippen molar-refractivity contribution >= 4 is 0 Å². The molecule has 1 aromatic heterocycles. The van der Waals surface area contributed by atoms with E-state index in [9.17, 15) is 0 Å². The molecule has 1 aromatic rings. The summed E-state index contributed by atoms with van der Waals surface area (Å²) in [7, 11) is 0. The normalized spacial score (nSPS) is 11.1. The van der Waals surface area contributed by atoms with Gasteiger partial charge >= 0.3 is 0 Å². The molecule has 0 N–H and O–H groups in total. The fraction of sp³-hybridized carbons (Fsp3) is 0.792. The van der Waals surface area contributed by atoms with E-state index in [1.807, 2.05) is 0 Å². The zero-order valence-electron chi connectivity index (χ0n) is 17.3. The van der Waals surface area contributed by atoms with Gasteiger partial charge in [0.25, 0.3) is 0 Å². The van der Waals surface area contributed by atoms with Crippen LogP contribution in [0.25, 0.3) is 0 Å². The molecular formula is C24H44N+. The van der Waals surface area contributed by atoms with Gasteiger partial charge in [-0.2, -0.15) is 0 Å². The maximum absolute atomic E-state index is 2.49. The van der Waals surface area contributed by atoms with Crippen molar-refractivity contribution in [2.24, 2.45) is 0 Å². The van der Waals surface area contributed by atoms with Crippen molar-refractivity contribution in [3.8, 4) is 0 Å². The number of hydrogen-bond acceptors (Lipinski definition) is 0. The van der Waals surface area contributed by atoms with Gasteiger partial charge in [-0.3, -0.25) is 0 Å². The first-order valence-corrected chi connectivity index (χ1v) is 11.4. The van der Waals surface area contributed by atoms with Crippen molar-refractivity contribution in [1.29, 1.82) is 0 Å². The van der Waals surface area contributed by atoms with E-state index in [4.69, 9.17) is 0 Å². The Morgan fingerprint density at radius 3 is 1.72 bits per heavy atom. The first-order valence-electron chi connectivity index (χ1n) is 11.4. The van der Waals surface area contributed by atoms with Gasteiger partial charge in [-0.1, -0.05) is 97.0 Å². The number of unbranched alkanes of at least 4 members (excludes halogenated alkanes) is 13. The van der Waals surface area contributed by atoms with Crippen molar-refractivity contribution in [2.75, 3.05) is 0 Å². The molecule has 1 nitrogen and oxygen atoms in total. The Morgan fingerprint density at radius 1 is 0.600 bits per heavy atom. The molecule has 0 bridgehead atoms. The maximum Gasteiger partial charge on any atom is 0.181 e. The highest BCUT2D eigenvalue weighted by Gasteiger charge is 2.08. The minimum Gasteiger partial charge on any atom is -0.202 e. The van der Waals surface area contributed by atoms with Gasteiger partial charge in [-0.05, 0) is 12.8 Å². The van der Waals surface area contributed by atoms with Crippen LogP contribution in [0.4, 0.5) is 0 Å². The van der Waals surface area contributed by atoms with Crippen LogP contribution in [-0.2, 0) is 13.0 Å². The van der Waals surface area contributed by atoms with Gasteiger partial charge in [0, 0.05) is 25.0 Å². The molecule has 0 aliphatic carbocycles. The van der Waals surface area contributed by atoms with Crippen LogP contribution < -0.4 is 4.57 Å². The number of nitrogens with zero attached hydrogens (tertiary/aromatic N) is 1. The van der Waals surface area contributed by atoms with Crippen LogP contribution in [0.2, 0.25) is 0 Å². The second-order valence-electron chi connectivity index (χ2n) is 7.73. The molecule has 1 heterocycles. The van der Waals surface area contributed by atoms with E-state index in [2.05, 4.69) is 42.8 Å². The lowest BCUT2D eigenvalue weighted by molar-refractivity contribution is -0.704. The average Bonchev–Trinajstić information content (AvgIpc) is 2.64. The predicted molar refractivity (Wildman–Crippen MR) is 111 cm³/mol. The molecule has 1 rings (SSSR count). The van der Waals surface area contributed by atoms with E-state index in [0.29, 0.717) is 0 Å². The molecule has 0 fully saturated rings. The number of aromatic nitrogens is 1. The van der Waals surface area contributed by atoms with E-state index in [-0.39, 0.29) is 0 Å². The van der Waals surface area contributed by atoms with Crippen molar-refractivity contribution in [1.82, 2.24) is 0 Å². The van der Waals surface area contributed by atoms with E-state index in [1.54, 1.807) is 0 Å². The van der Waals surface area contributed by atoms with E-state index in [1.165, 1.54) is 115 Å². The highest BCUT2D eigenvalue weighted by Crippen LogP contribution is 2.12. The number of rotatable bonds is 17. The molecule has 0 unspecified atom stereocenters. The highest BCUT2D eigenvalue weighted by molar-refractivity contribution is 4.97. The lowest BCUT2D eigenvalue weighted by atomic mass is 10.1. The second kappa shape index (κ2) is 16.6. The Bertz CT molecular complexity index is 399. The molecule has 0 saturated carbocycles. The highest BCUT2D eigenvalue weighted by atomic mass is 14.9. The minimum absolute atomic E-state index is 1.21. The molecule has 0 spiro atoms. The molecule has 0 radical (unpaired) electrons. The minimum atomic E-state index is 1.21. The quantitative estimate of drug-likeness (QED) is 0.204. The zero-order valence-corrected chi connectivity index (χ0v) is 17.3. The van der Waals surface area contributed by atoms with Gasteiger partial charge in [-0.25, -0.2) is 4.57 Å². The summed E-state index contributed by atoms with van der Waals surface area (Å²) in [5.41, 5.74) is 1.53. The van der Waals surface area contributed by atoms with Gasteiger partial charge in [0.05, 0.1) is 0 Å². The van der Waals surface area contributed by atoms with Crippen LogP contribution in [0.3, 0.4) is 0 Å². The van der Waals surface area contributed by atoms with Crippen LogP contribution in [0, 0.1) is 0 Å². The van der Waals surface area contributed by atoms with Gasteiger partial charge in [0.2, 0.25) is 0 Å². The fourth-order valence-electron chi connectivity index (χ4n) is 3.64. The number of aryl methyl sites for hydroxylation is 2. The van der Waals surface area contributed by atoms with Crippen molar-refractivity contribution < 1.29 is 4.57 Å². The van der Waals surface area contributed by atoms with Crippen LogP contribution in [-0.4, -0.2) is 0 Å². The standard InChI is InChI=1S/C24H44N/c1-3-5-7-8-9-10-11-12-13-14-15-18-22-25-23-19-17-21-24(25)20-16-6-4-2/h17,19,21,23H,3-16,18,20,22H2,1-2H3/q+1. The average molecular weight is 347 g/mol. The van der Waals surface area contributed by atoms with Crippen LogP contribution >= 0.6 is 0 Å². The lowest BCUT2D eigenvalue weighted by Crippen LogP contribution is -2.37. The van der Waals surface area contributed by atoms with Crippen LogP contribution in [0.15, 0.2) is 24.4 Å². The summed E-state index contributed by atoms with van der Waals surface area (Å²) in [6.45, 7) is 5.79. The molecule has 0 aliphatic rings. The molecule has 25 heavy (non-hydrogen) atoms. The van der Waals surface area contributed by atoms with Crippen molar-refractivity contribution in [3.05, 3.63) is 30.1 Å². The summed E-state index contributed by atoms with van der Waals surface area (Å²) in [6.07, 6.45) is 24.7. The van der Waals surface area contributed by atoms with Gasteiger partial charge in [-0.15, -0.1) is 0 Å².